The highest BCUT2D eigenvalue weighted by molar-refractivity contribution is 6.34. The number of hydrogen-bond acceptors (Lipinski definition) is 3. The van der Waals surface area contributed by atoms with Crippen LogP contribution in [0.5, 0.6) is 0 Å². The van der Waals surface area contributed by atoms with E-state index in [4.69, 9.17) is 11.6 Å². The average Bonchev–Trinajstić information content (AvgIpc) is 2.51. The van der Waals surface area contributed by atoms with Crippen molar-refractivity contribution in [3.63, 3.8) is 0 Å². The standard InChI is InChI=1S/C17H16ClNO3/c1-10-4-5-12(8-11(10)2)16(20)19-15-9-13(17(21)22-3)6-7-14(15)18/h4-9H,1-3H3,(H,19,20). The van der Waals surface area contributed by atoms with Crippen LogP contribution in [0.1, 0.15) is 31.8 Å². The maximum Gasteiger partial charge on any atom is 0.337 e. The number of esters is 1. The Kier molecular flexibility index (Phi) is 4.83. The van der Waals surface area contributed by atoms with Crippen molar-refractivity contribution in [2.75, 3.05) is 12.4 Å². The van der Waals surface area contributed by atoms with Gasteiger partial charge in [0.1, 0.15) is 0 Å². The van der Waals surface area contributed by atoms with E-state index in [1.807, 2.05) is 26.0 Å². The van der Waals surface area contributed by atoms with Crippen molar-refractivity contribution in [2.45, 2.75) is 13.8 Å². The SMILES string of the molecule is COC(=O)c1ccc(Cl)c(NC(=O)c2ccc(C)c(C)c2)c1. The highest BCUT2D eigenvalue weighted by Gasteiger charge is 2.13. The lowest BCUT2D eigenvalue weighted by Gasteiger charge is -2.10. The van der Waals surface area contributed by atoms with Crippen LogP contribution in [0.15, 0.2) is 36.4 Å². The second-order valence-electron chi connectivity index (χ2n) is 4.94. The van der Waals surface area contributed by atoms with Crippen LogP contribution in [0.2, 0.25) is 5.02 Å². The summed E-state index contributed by atoms with van der Waals surface area (Å²) < 4.78 is 4.65. The summed E-state index contributed by atoms with van der Waals surface area (Å²) in [4.78, 5) is 23.8. The molecule has 0 heterocycles. The van der Waals surface area contributed by atoms with Gasteiger partial charge in [0.15, 0.2) is 0 Å². The number of nitrogens with one attached hydrogen (secondary N) is 1. The van der Waals surface area contributed by atoms with E-state index in [0.29, 0.717) is 21.8 Å². The minimum Gasteiger partial charge on any atom is -0.465 e. The number of ether oxygens (including phenoxy) is 1. The van der Waals surface area contributed by atoms with Crippen molar-refractivity contribution in [2.24, 2.45) is 0 Å². The van der Waals surface area contributed by atoms with Crippen LogP contribution in [-0.4, -0.2) is 19.0 Å². The van der Waals surface area contributed by atoms with Gasteiger partial charge in [-0.05, 0) is 55.3 Å². The molecule has 2 aromatic rings. The summed E-state index contributed by atoms with van der Waals surface area (Å²) in [6.07, 6.45) is 0. The van der Waals surface area contributed by atoms with E-state index >= 15 is 0 Å². The Bertz CT molecular complexity index is 741. The molecular formula is C17H16ClNO3. The molecule has 0 saturated heterocycles. The molecule has 5 heteroatoms. The maximum atomic E-state index is 12.3. The highest BCUT2D eigenvalue weighted by Crippen LogP contribution is 2.24. The van der Waals surface area contributed by atoms with Crippen LogP contribution >= 0.6 is 11.6 Å². The van der Waals surface area contributed by atoms with Gasteiger partial charge in [-0.15, -0.1) is 0 Å². The molecule has 1 amide bonds. The maximum absolute atomic E-state index is 12.3. The van der Waals surface area contributed by atoms with Gasteiger partial charge in [0.2, 0.25) is 0 Å². The lowest BCUT2D eigenvalue weighted by atomic mass is 10.1. The summed E-state index contributed by atoms with van der Waals surface area (Å²) in [7, 11) is 1.30. The first-order chi connectivity index (χ1) is 10.4. The van der Waals surface area contributed by atoms with Crippen LogP contribution in [-0.2, 0) is 4.74 Å². The van der Waals surface area contributed by atoms with Crippen molar-refractivity contribution >= 4 is 29.2 Å². The highest BCUT2D eigenvalue weighted by atomic mass is 35.5. The smallest absolute Gasteiger partial charge is 0.337 e. The first-order valence-electron chi connectivity index (χ1n) is 6.69. The molecule has 2 aromatic carbocycles. The number of carbonyl (C=O) groups excluding carboxylic acids is 2. The largest absolute Gasteiger partial charge is 0.465 e. The van der Waals surface area contributed by atoms with Crippen LogP contribution in [0.4, 0.5) is 5.69 Å². The van der Waals surface area contributed by atoms with Crippen LogP contribution in [0.3, 0.4) is 0 Å². The summed E-state index contributed by atoms with van der Waals surface area (Å²) in [5.74, 6) is -0.773. The fraction of sp³-hybridized carbons (Fsp3) is 0.176. The van der Waals surface area contributed by atoms with Crippen LogP contribution in [0, 0.1) is 13.8 Å². The molecule has 0 aliphatic carbocycles. The number of benzene rings is 2. The second-order valence-corrected chi connectivity index (χ2v) is 5.35. The molecule has 0 aromatic heterocycles. The van der Waals surface area contributed by atoms with Crippen molar-refractivity contribution in [3.05, 3.63) is 63.7 Å². The summed E-state index contributed by atoms with van der Waals surface area (Å²) in [6.45, 7) is 3.92. The van der Waals surface area contributed by atoms with Crippen molar-refractivity contribution in [3.8, 4) is 0 Å². The number of aryl methyl sites for hydroxylation is 2. The van der Waals surface area contributed by atoms with Crippen LogP contribution in [0.25, 0.3) is 0 Å². The van der Waals surface area contributed by atoms with Gasteiger partial charge in [0, 0.05) is 5.56 Å². The molecule has 0 aliphatic rings. The van der Waals surface area contributed by atoms with E-state index < -0.39 is 5.97 Å². The second kappa shape index (κ2) is 6.62. The van der Waals surface area contributed by atoms with Gasteiger partial charge in [-0.1, -0.05) is 17.7 Å². The number of carbonyl (C=O) groups is 2. The van der Waals surface area contributed by atoms with Gasteiger partial charge in [-0.25, -0.2) is 4.79 Å². The van der Waals surface area contributed by atoms with Gasteiger partial charge in [0.25, 0.3) is 5.91 Å². The molecule has 0 atom stereocenters. The lowest BCUT2D eigenvalue weighted by Crippen LogP contribution is -2.13. The Hall–Kier alpha value is -2.33. The fourth-order valence-corrected chi connectivity index (χ4v) is 2.11. The fourth-order valence-electron chi connectivity index (χ4n) is 1.94. The Morgan fingerprint density at radius 2 is 1.68 bits per heavy atom. The molecule has 4 nitrogen and oxygen atoms in total. The predicted octanol–water partition coefficient (Wildman–Crippen LogP) is 4.00. The lowest BCUT2D eigenvalue weighted by molar-refractivity contribution is 0.0600. The average molecular weight is 318 g/mol. The Labute approximate surface area is 134 Å². The third-order valence-electron chi connectivity index (χ3n) is 3.40. The van der Waals surface area contributed by atoms with E-state index in [0.717, 1.165) is 11.1 Å². The first kappa shape index (κ1) is 16.0. The molecule has 22 heavy (non-hydrogen) atoms. The van der Waals surface area contributed by atoms with Crippen molar-refractivity contribution in [1.29, 1.82) is 0 Å². The Balaban J connectivity index is 2.27. The van der Waals surface area contributed by atoms with E-state index in [9.17, 15) is 9.59 Å². The predicted molar refractivity (Wildman–Crippen MR) is 86.7 cm³/mol. The summed E-state index contributed by atoms with van der Waals surface area (Å²) in [6, 6.07) is 10.0. The number of halogens is 1. The molecule has 0 saturated carbocycles. The molecule has 114 valence electrons. The zero-order valence-electron chi connectivity index (χ0n) is 12.6. The minimum atomic E-state index is -0.488. The molecule has 0 aliphatic heterocycles. The quantitative estimate of drug-likeness (QED) is 0.871. The van der Waals surface area contributed by atoms with E-state index in [1.165, 1.54) is 13.2 Å². The van der Waals surface area contributed by atoms with E-state index in [-0.39, 0.29) is 5.91 Å². The number of hydrogen-bond donors (Lipinski definition) is 1. The van der Waals surface area contributed by atoms with Crippen molar-refractivity contribution in [1.82, 2.24) is 0 Å². The summed E-state index contributed by atoms with van der Waals surface area (Å²) >= 11 is 6.07. The normalized spacial score (nSPS) is 10.2. The molecule has 1 N–H and O–H groups in total. The third-order valence-corrected chi connectivity index (χ3v) is 3.73. The monoisotopic (exact) mass is 317 g/mol. The zero-order chi connectivity index (χ0) is 16.3. The molecular weight excluding hydrogens is 302 g/mol. The van der Waals surface area contributed by atoms with Gasteiger partial charge in [-0.3, -0.25) is 4.79 Å². The van der Waals surface area contributed by atoms with Crippen molar-refractivity contribution < 1.29 is 14.3 Å². The molecule has 0 spiro atoms. The van der Waals surface area contributed by atoms with Gasteiger partial charge in [-0.2, -0.15) is 0 Å². The third kappa shape index (κ3) is 3.46. The molecule has 0 radical (unpaired) electrons. The summed E-state index contributed by atoms with van der Waals surface area (Å²) in [5, 5.41) is 3.07. The van der Waals surface area contributed by atoms with E-state index in [2.05, 4.69) is 10.1 Å². The number of amides is 1. The molecule has 0 bridgehead atoms. The number of methoxy groups -OCH3 is 1. The number of rotatable bonds is 3. The summed E-state index contributed by atoms with van der Waals surface area (Å²) in [5.41, 5.74) is 3.36. The minimum absolute atomic E-state index is 0.285. The van der Waals surface area contributed by atoms with Gasteiger partial charge in [0.05, 0.1) is 23.4 Å². The molecule has 0 fully saturated rings. The Morgan fingerprint density at radius 3 is 2.32 bits per heavy atom. The zero-order valence-corrected chi connectivity index (χ0v) is 13.3. The topological polar surface area (TPSA) is 55.4 Å². The van der Waals surface area contributed by atoms with E-state index in [1.54, 1.807) is 18.2 Å². The molecule has 2 rings (SSSR count). The number of anilines is 1. The van der Waals surface area contributed by atoms with Gasteiger partial charge >= 0.3 is 5.97 Å². The Morgan fingerprint density at radius 1 is 1.00 bits per heavy atom. The van der Waals surface area contributed by atoms with Crippen LogP contribution < -0.4 is 5.32 Å². The first-order valence-corrected chi connectivity index (χ1v) is 7.06. The van der Waals surface area contributed by atoms with Gasteiger partial charge < -0.3 is 10.1 Å². The molecule has 0 unspecified atom stereocenters.